The van der Waals surface area contributed by atoms with Gasteiger partial charge < -0.3 is 14.6 Å². The Morgan fingerprint density at radius 1 is 1.15 bits per heavy atom. The zero-order chi connectivity index (χ0) is 25.7. The average molecular weight is 512 g/mol. The second kappa shape index (κ2) is 11.9. The highest BCUT2D eigenvalue weighted by atomic mass is 32.2. The highest BCUT2D eigenvalue weighted by molar-refractivity contribution is 7.88. The van der Waals surface area contributed by atoms with Crippen LogP contribution in [0, 0.1) is 0 Å². The number of hydrogen-bond donors (Lipinski definition) is 2. The van der Waals surface area contributed by atoms with E-state index in [0.717, 1.165) is 17.7 Å². The van der Waals surface area contributed by atoms with Crippen molar-refractivity contribution in [2.24, 2.45) is 0 Å². The van der Waals surface area contributed by atoms with Gasteiger partial charge in [-0.25, -0.2) is 17.9 Å². The van der Waals surface area contributed by atoms with Gasteiger partial charge in [0.1, 0.15) is 5.75 Å². The molecule has 1 heterocycles. The van der Waals surface area contributed by atoms with Crippen LogP contribution < -0.4 is 14.5 Å². The molecule has 9 heteroatoms. The number of urea groups is 1. The number of carbonyl (C=O) groups is 1. The van der Waals surface area contributed by atoms with Gasteiger partial charge in [0.15, 0.2) is 0 Å². The predicted molar refractivity (Wildman–Crippen MR) is 142 cm³/mol. The Bertz CT molecular complexity index is 899. The van der Waals surface area contributed by atoms with Crippen molar-refractivity contribution in [3.05, 3.63) is 29.8 Å². The van der Waals surface area contributed by atoms with E-state index < -0.39 is 18.3 Å². The topological polar surface area (TPSA) is 87.7 Å². The van der Waals surface area contributed by atoms with E-state index in [1.54, 1.807) is 4.90 Å². The largest absolute Gasteiger partial charge is 0.543 e. The quantitative estimate of drug-likeness (QED) is 0.438. The molecular weight excluding hydrogens is 466 g/mol. The molecule has 2 amide bonds. The molecule has 0 unspecified atom stereocenters. The fraction of sp³-hybridized carbons (Fsp3) is 0.720. The van der Waals surface area contributed by atoms with E-state index in [1.807, 2.05) is 25.1 Å². The second-order valence-corrected chi connectivity index (χ2v) is 17.7. The minimum Gasteiger partial charge on any atom is -0.543 e. The van der Waals surface area contributed by atoms with Gasteiger partial charge in [-0.3, -0.25) is 0 Å². The highest BCUT2D eigenvalue weighted by Crippen LogP contribution is 2.42. The minimum atomic E-state index is -3.40. The maximum absolute atomic E-state index is 12.8. The Morgan fingerprint density at radius 2 is 1.76 bits per heavy atom. The molecule has 0 aliphatic carbocycles. The average Bonchev–Trinajstić information content (AvgIpc) is 2.71. The predicted octanol–water partition coefficient (Wildman–Crippen LogP) is 4.90. The Balaban J connectivity index is 2.38. The maximum Gasteiger partial charge on any atom is 0.317 e. The number of benzene rings is 1. The fourth-order valence-electron chi connectivity index (χ4n) is 5.76. The molecule has 1 aliphatic heterocycles. The molecule has 0 bridgehead atoms. The number of likely N-dealkylation sites (tertiary alicyclic amines) is 1. The fourth-order valence-corrected chi connectivity index (χ4v) is 11.8. The van der Waals surface area contributed by atoms with E-state index in [1.165, 1.54) is 6.26 Å². The van der Waals surface area contributed by atoms with Gasteiger partial charge >= 0.3 is 6.03 Å². The molecule has 1 fully saturated rings. The van der Waals surface area contributed by atoms with E-state index in [-0.39, 0.29) is 18.1 Å². The smallest absolute Gasteiger partial charge is 0.317 e. The molecule has 7 nitrogen and oxygen atoms in total. The van der Waals surface area contributed by atoms with E-state index >= 15 is 0 Å². The van der Waals surface area contributed by atoms with Gasteiger partial charge in [-0.05, 0) is 60.5 Å². The zero-order valence-corrected chi connectivity index (χ0v) is 24.0. The first kappa shape index (κ1) is 28.7. The van der Waals surface area contributed by atoms with Crippen molar-refractivity contribution < 1.29 is 17.6 Å². The van der Waals surface area contributed by atoms with E-state index in [2.05, 4.69) is 57.6 Å². The summed E-state index contributed by atoms with van der Waals surface area (Å²) >= 11 is 0. The van der Waals surface area contributed by atoms with E-state index in [0.29, 0.717) is 42.6 Å². The molecule has 0 spiro atoms. The summed E-state index contributed by atoms with van der Waals surface area (Å²) in [6.07, 6.45) is 3.20. The summed E-state index contributed by atoms with van der Waals surface area (Å²) in [5.41, 5.74) is 2.43. The van der Waals surface area contributed by atoms with Crippen molar-refractivity contribution in [1.82, 2.24) is 14.9 Å². The van der Waals surface area contributed by atoms with Gasteiger partial charge in [0.2, 0.25) is 10.0 Å². The lowest BCUT2D eigenvalue weighted by atomic mass is 9.91. The minimum absolute atomic E-state index is 0.147. The van der Waals surface area contributed by atoms with Crippen molar-refractivity contribution in [3.8, 4) is 5.75 Å². The molecule has 0 radical (unpaired) electrons. The molecule has 2 N–H and O–H groups in total. The molecule has 2 atom stereocenters. The number of amides is 2. The number of hydrogen-bond acceptors (Lipinski definition) is 4. The molecule has 194 valence electrons. The Morgan fingerprint density at radius 3 is 2.29 bits per heavy atom. The van der Waals surface area contributed by atoms with Gasteiger partial charge in [-0.15, -0.1) is 0 Å². The van der Waals surface area contributed by atoms with Crippen LogP contribution in [0.15, 0.2) is 24.3 Å². The lowest BCUT2D eigenvalue weighted by Gasteiger charge is -2.42. The van der Waals surface area contributed by atoms with Gasteiger partial charge in [-0.2, -0.15) is 0 Å². The van der Waals surface area contributed by atoms with Gasteiger partial charge in [-0.1, -0.05) is 53.7 Å². The third-order valence-corrected chi connectivity index (χ3v) is 13.8. The Hall–Kier alpha value is -1.58. The third kappa shape index (κ3) is 6.98. The summed E-state index contributed by atoms with van der Waals surface area (Å²) in [5, 5.41) is 2.88. The summed E-state index contributed by atoms with van der Waals surface area (Å²) in [6, 6.07) is 7.40. The van der Waals surface area contributed by atoms with E-state index in [4.69, 9.17) is 4.43 Å². The summed E-state index contributed by atoms with van der Waals surface area (Å²) in [4.78, 5) is 14.6. The standard InChI is InChI=1S/C25H45N3O4SSi/c1-9-26-25(29)28-15-11-14-23(27-33(8,30)31)24(28)17-21-12-10-13-22(16-21)32-34(18(2)3,19(4)5)20(6)7/h10,12-13,16,18-20,23-24,27H,9,11,14-15,17H2,1-8H3,(H,26,29)/t23-,24-/m0/s1. The monoisotopic (exact) mass is 511 g/mol. The molecule has 1 saturated heterocycles. The van der Waals surface area contributed by atoms with Crippen LogP contribution in [-0.4, -0.2) is 59.1 Å². The van der Waals surface area contributed by atoms with Crippen LogP contribution in [0.3, 0.4) is 0 Å². The molecule has 0 aromatic heterocycles. The number of piperidine rings is 1. The molecule has 2 rings (SSSR count). The third-order valence-electron chi connectivity index (χ3n) is 7.08. The molecular formula is C25H45N3O4SSi. The van der Waals surface area contributed by atoms with Crippen LogP contribution >= 0.6 is 0 Å². The number of carbonyl (C=O) groups excluding carboxylic acids is 1. The number of nitrogens with one attached hydrogen (secondary N) is 2. The SMILES string of the molecule is CCNC(=O)N1CCC[C@H](NS(C)(=O)=O)[C@@H]1Cc1cccc(O[Si](C(C)C)(C(C)C)C(C)C)c1. The van der Waals surface area contributed by atoms with Crippen LogP contribution in [0.4, 0.5) is 4.79 Å². The molecule has 1 aromatic rings. The molecule has 1 aromatic carbocycles. The van der Waals surface area contributed by atoms with Crippen LogP contribution in [-0.2, 0) is 16.4 Å². The Kier molecular flexibility index (Phi) is 10.0. The summed E-state index contributed by atoms with van der Waals surface area (Å²) in [5.74, 6) is 0.869. The van der Waals surface area contributed by atoms with Crippen molar-refractivity contribution in [3.63, 3.8) is 0 Å². The summed E-state index contributed by atoms with van der Waals surface area (Å²) in [6.45, 7) is 16.6. The molecule has 34 heavy (non-hydrogen) atoms. The second-order valence-electron chi connectivity index (χ2n) is 10.5. The van der Waals surface area contributed by atoms with Crippen LogP contribution in [0.25, 0.3) is 0 Å². The molecule has 1 aliphatic rings. The lowest BCUT2D eigenvalue weighted by Crippen LogP contribution is -2.59. The lowest BCUT2D eigenvalue weighted by molar-refractivity contribution is 0.134. The number of nitrogens with zero attached hydrogens (tertiary/aromatic N) is 1. The number of sulfonamides is 1. The first-order valence-corrected chi connectivity index (χ1v) is 16.6. The van der Waals surface area contributed by atoms with Gasteiger partial charge in [0, 0.05) is 19.1 Å². The highest BCUT2D eigenvalue weighted by Gasteiger charge is 2.47. The normalized spacial score (nSPS) is 19.7. The van der Waals surface area contributed by atoms with Crippen molar-refractivity contribution in [2.75, 3.05) is 19.3 Å². The molecule has 0 saturated carbocycles. The van der Waals surface area contributed by atoms with Crippen LogP contribution in [0.5, 0.6) is 5.75 Å². The zero-order valence-electron chi connectivity index (χ0n) is 22.2. The van der Waals surface area contributed by atoms with Crippen LogP contribution in [0.2, 0.25) is 16.6 Å². The first-order chi connectivity index (χ1) is 15.8. The Labute approximate surface area is 208 Å². The van der Waals surface area contributed by atoms with E-state index in [9.17, 15) is 13.2 Å². The number of rotatable bonds is 10. The van der Waals surface area contributed by atoms with Crippen molar-refractivity contribution in [2.45, 2.75) is 96.4 Å². The first-order valence-electron chi connectivity index (χ1n) is 12.6. The summed E-state index contributed by atoms with van der Waals surface area (Å²) < 4.78 is 33.8. The van der Waals surface area contributed by atoms with Crippen molar-refractivity contribution in [1.29, 1.82) is 0 Å². The van der Waals surface area contributed by atoms with Gasteiger partial charge in [0.05, 0.1) is 12.3 Å². The van der Waals surface area contributed by atoms with Gasteiger partial charge in [0.25, 0.3) is 8.32 Å². The van der Waals surface area contributed by atoms with Crippen molar-refractivity contribution >= 4 is 24.4 Å². The van der Waals surface area contributed by atoms with Crippen LogP contribution in [0.1, 0.15) is 66.9 Å². The maximum atomic E-state index is 12.8. The summed E-state index contributed by atoms with van der Waals surface area (Å²) in [7, 11) is -5.50.